The van der Waals surface area contributed by atoms with E-state index in [1.54, 1.807) is 10.9 Å². The van der Waals surface area contributed by atoms with E-state index in [9.17, 15) is 9.59 Å². The van der Waals surface area contributed by atoms with Crippen LogP contribution in [0.1, 0.15) is 50.8 Å². The highest BCUT2D eigenvalue weighted by molar-refractivity contribution is 6.04. The van der Waals surface area contributed by atoms with Crippen molar-refractivity contribution in [3.05, 3.63) is 40.0 Å². The van der Waals surface area contributed by atoms with Crippen molar-refractivity contribution in [2.24, 2.45) is 12.5 Å². The molecule has 6 nitrogen and oxygen atoms in total. The third-order valence-corrected chi connectivity index (χ3v) is 5.23. The van der Waals surface area contributed by atoms with Gasteiger partial charge in [-0.3, -0.25) is 9.48 Å². The number of rotatable bonds is 2. The van der Waals surface area contributed by atoms with Crippen LogP contribution in [0.25, 0.3) is 0 Å². The first-order valence-corrected chi connectivity index (χ1v) is 8.47. The van der Waals surface area contributed by atoms with E-state index in [4.69, 9.17) is 4.74 Å². The molecule has 0 bridgehead atoms. The number of carbonyl (C=O) groups is 2. The van der Waals surface area contributed by atoms with Crippen LogP contribution >= 0.6 is 0 Å². The molecule has 1 N–H and O–H groups in total. The van der Waals surface area contributed by atoms with Crippen molar-refractivity contribution in [3.63, 3.8) is 0 Å². The standard InChI is InChI=1S/C19H25N3O3/c1-10-15(18(24)25-6)16(12-9-20-22(5)11(12)2)17-13(21-10)7-19(3,4)8-14(17)23/h9,16,21H,7-8H2,1-6H3/t16-/m0/s1. The fourth-order valence-electron chi connectivity index (χ4n) is 3.93. The average Bonchev–Trinajstić information content (AvgIpc) is 2.83. The number of nitrogens with zero attached hydrogens (tertiary/aromatic N) is 2. The predicted octanol–water partition coefficient (Wildman–Crippen LogP) is 2.51. The second kappa shape index (κ2) is 5.86. The quantitative estimate of drug-likeness (QED) is 0.835. The lowest BCUT2D eigenvalue weighted by molar-refractivity contribution is -0.136. The lowest BCUT2D eigenvalue weighted by atomic mass is 9.68. The normalized spacial score (nSPS) is 22.6. The van der Waals surface area contributed by atoms with Crippen LogP contribution in [0.15, 0.2) is 28.7 Å². The average molecular weight is 343 g/mol. The Hall–Kier alpha value is -2.37. The molecular weight excluding hydrogens is 318 g/mol. The van der Waals surface area contributed by atoms with Crippen LogP contribution in [0.2, 0.25) is 0 Å². The van der Waals surface area contributed by atoms with Crippen molar-refractivity contribution in [2.75, 3.05) is 7.11 Å². The number of ketones is 1. The van der Waals surface area contributed by atoms with Gasteiger partial charge in [-0.2, -0.15) is 5.10 Å². The van der Waals surface area contributed by atoms with E-state index in [1.165, 1.54) is 7.11 Å². The summed E-state index contributed by atoms with van der Waals surface area (Å²) in [7, 11) is 3.22. The first-order chi connectivity index (χ1) is 11.7. The summed E-state index contributed by atoms with van der Waals surface area (Å²) >= 11 is 0. The smallest absolute Gasteiger partial charge is 0.336 e. The molecule has 1 atom stereocenters. The first-order valence-electron chi connectivity index (χ1n) is 8.47. The molecule has 2 aliphatic rings. The summed E-state index contributed by atoms with van der Waals surface area (Å²) in [6.45, 7) is 8.00. The fraction of sp³-hybridized carbons (Fsp3) is 0.526. The molecule has 0 radical (unpaired) electrons. The minimum absolute atomic E-state index is 0.0842. The zero-order chi connectivity index (χ0) is 18.5. The van der Waals surface area contributed by atoms with Crippen LogP contribution in [-0.4, -0.2) is 28.6 Å². The van der Waals surface area contributed by atoms with Crippen LogP contribution in [0, 0.1) is 12.3 Å². The van der Waals surface area contributed by atoms with Gasteiger partial charge in [0.2, 0.25) is 0 Å². The Morgan fingerprint density at radius 2 is 2.04 bits per heavy atom. The third-order valence-electron chi connectivity index (χ3n) is 5.23. The molecule has 2 heterocycles. The molecule has 0 amide bonds. The Morgan fingerprint density at radius 1 is 1.36 bits per heavy atom. The van der Waals surface area contributed by atoms with Gasteiger partial charge in [-0.25, -0.2) is 4.79 Å². The van der Waals surface area contributed by atoms with E-state index >= 15 is 0 Å². The Bertz CT molecular complexity index is 827. The Morgan fingerprint density at radius 3 is 2.60 bits per heavy atom. The number of dihydropyridines is 1. The van der Waals surface area contributed by atoms with Gasteiger partial charge in [-0.15, -0.1) is 0 Å². The predicted molar refractivity (Wildman–Crippen MR) is 93.6 cm³/mol. The van der Waals surface area contributed by atoms with Gasteiger partial charge in [-0.05, 0) is 25.7 Å². The van der Waals surface area contributed by atoms with Gasteiger partial charge in [0.15, 0.2) is 5.78 Å². The van der Waals surface area contributed by atoms with Crippen molar-refractivity contribution >= 4 is 11.8 Å². The minimum Gasteiger partial charge on any atom is -0.466 e. The van der Waals surface area contributed by atoms with Crippen molar-refractivity contribution in [2.45, 2.75) is 46.5 Å². The molecule has 134 valence electrons. The molecule has 0 unspecified atom stereocenters. The number of carbonyl (C=O) groups excluding carboxylic acids is 2. The molecule has 0 saturated heterocycles. The van der Waals surface area contributed by atoms with Crippen molar-refractivity contribution in [1.29, 1.82) is 0 Å². The second-order valence-corrected chi connectivity index (χ2v) is 7.73. The minimum atomic E-state index is -0.430. The maximum absolute atomic E-state index is 13.0. The third kappa shape index (κ3) is 2.79. The largest absolute Gasteiger partial charge is 0.466 e. The summed E-state index contributed by atoms with van der Waals surface area (Å²) < 4.78 is 6.78. The van der Waals surface area contributed by atoms with Gasteiger partial charge in [0, 0.05) is 41.7 Å². The van der Waals surface area contributed by atoms with Gasteiger partial charge in [-0.1, -0.05) is 13.8 Å². The number of ether oxygens (including phenoxy) is 1. The molecule has 6 heteroatoms. The lowest BCUT2D eigenvalue weighted by Crippen LogP contribution is -2.38. The van der Waals surface area contributed by atoms with E-state index in [2.05, 4.69) is 24.3 Å². The van der Waals surface area contributed by atoms with Crippen LogP contribution in [0.5, 0.6) is 0 Å². The van der Waals surface area contributed by atoms with E-state index in [0.29, 0.717) is 17.6 Å². The summed E-state index contributed by atoms with van der Waals surface area (Å²) in [4.78, 5) is 25.5. The maximum atomic E-state index is 13.0. The Labute approximate surface area is 147 Å². The van der Waals surface area contributed by atoms with Gasteiger partial charge in [0.1, 0.15) is 0 Å². The van der Waals surface area contributed by atoms with Crippen LogP contribution in [0.4, 0.5) is 0 Å². The first kappa shape index (κ1) is 17.5. The topological polar surface area (TPSA) is 73.2 Å². The molecule has 1 aliphatic carbocycles. The van der Waals surface area contributed by atoms with Crippen LogP contribution < -0.4 is 5.32 Å². The maximum Gasteiger partial charge on any atom is 0.336 e. The van der Waals surface area contributed by atoms with Crippen molar-refractivity contribution in [3.8, 4) is 0 Å². The summed E-state index contributed by atoms with van der Waals surface area (Å²) in [6.07, 6.45) is 2.99. The Balaban J connectivity index is 2.23. The van der Waals surface area contributed by atoms with E-state index in [1.807, 2.05) is 20.9 Å². The van der Waals surface area contributed by atoms with E-state index in [0.717, 1.165) is 29.1 Å². The summed E-state index contributed by atoms with van der Waals surface area (Å²) in [5.41, 5.74) is 4.55. The number of hydrogen-bond acceptors (Lipinski definition) is 5. The SMILES string of the molecule is COC(=O)C1=C(C)NC2=C(C(=O)CC(C)(C)C2)[C@H]1c1cnn(C)c1C. The summed E-state index contributed by atoms with van der Waals surface area (Å²) in [5, 5.41) is 7.62. The Kier molecular flexibility index (Phi) is 4.09. The van der Waals surface area contributed by atoms with E-state index in [-0.39, 0.29) is 11.2 Å². The molecule has 1 aliphatic heterocycles. The van der Waals surface area contributed by atoms with Gasteiger partial charge in [0.25, 0.3) is 0 Å². The number of nitrogens with one attached hydrogen (secondary N) is 1. The number of Topliss-reactive ketones (excluding diaryl/α,β-unsaturated/α-hetero) is 1. The number of aromatic nitrogens is 2. The lowest BCUT2D eigenvalue weighted by Gasteiger charge is -2.39. The van der Waals surface area contributed by atoms with Crippen molar-refractivity contribution in [1.82, 2.24) is 15.1 Å². The summed E-state index contributed by atoms with van der Waals surface area (Å²) in [5.74, 6) is -0.760. The highest BCUT2D eigenvalue weighted by Gasteiger charge is 2.43. The second-order valence-electron chi connectivity index (χ2n) is 7.73. The number of allylic oxidation sites excluding steroid dienone is 3. The number of hydrogen-bond donors (Lipinski definition) is 1. The molecule has 0 aromatic carbocycles. The molecule has 0 saturated carbocycles. The highest BCUT2D eigenvalue weighted by Crippen LogP contribution is 2.47. The molecule has 25 heavy (non-hydrogen) atoms. The number of methoxy groups -OCH3 is 1. The van der Waals surface area contributed by atoms with Gasteiger partial charge in [0.05, 0.1) is 24.8 Å². The zero-order valence-corrected chi connectivity index (χ0v) is 15.7. The van der Waals surface area contributed by atoms with Gasteiger partial charge >= 0.3 is 5.97 Å². The zero-order valence-electron chi connectivity index (χ0n) is 15.7. The molecule has 0 spiro atoms. The van der Waals surface area contributed by atoms with Crippen LogP contribution in [-0.2, 0) is 21.4 Å². The molecular formula is C19H25N3O3. The fourth-order valence-corrected chi connectivity index (χ4v) is 3.93. The van der Waals surface area contributed by atoms with Gasteiger partial charge < -0.3 is 10.1 Å². The molecule has 1 aromatic rings. The molecule has 3 rings (SSSR count). The highest BCUT2D eigenvalue weighted by atomic mass is 16.5. The van der Waals surface area contributed by atoms with Crippen molar-refractivity contribution < 1.29 is 14.3 Å². The van der Waals surface area contributed by atoms with E-state index < -0.39 is 11.9 Å². The van der Waals surface area contributed by atoms with Crippen LogP contribution in [0.3, 0.4) is 0 Å². The summed E-state index contributed by atoms with van der Waals surface area (Å²) in [6, 6.07) is 0. The molecule has 1 aromatic heterocycles. The number of aryl methyl sites for hydroxylation is 1. The molecule has 0 fully saturated rings. The monoisotopic (exact) mass is 343 g/mol. The number of esters is 1.